The number of anilines is 2. The van der Waals surface area contributed by atoms with Gasteiger partial charge in [-0.15, -0.1) is 0 Å². The summed E-state index contributed by atoms with van der Waals surface area (Å²) in [6, 6.07) is 5.71. The third-order valence-corrected chi connectivity index (χ3v) is 2.78. The van der Waals surface area contributed by atoms with Gasteiger partial charge in [0.1, 0.15) is 23.7 Å². The van der Waals surface area contributed by atoms with Gasteiger partial charge in [-0.1, -0.05) is 19.8 Å². The van der Waals surface area contributed by atoms with Gasteiger partial charge >= 0.3 is 0 Å². The number of furan rings is 1. The Labute approximate surface area is 113 Å². The fourth-order valence-corrected chi connectivity index (χ4v) is 1.73. The lowest BCUT2D eigenvalue weighted by Crippen LogP contribution is -2.06. The summed E-state index contributed by atoms with van der Waals surface area (Å²) < 4.78 is 5.26. The van der Waals surface area contributed by atoms with Crippen LogP contribution in [0.4, 0.5) is 11.6 Å². The van der Waals surface area contributed by atoms with E-state index < -0.39 is 0 Å². The summed E-state index contributed by atoms with van der Waals surface area (Å²) in [6.07, 6.45) is 6.85. The minimum absolute atomic E-state index is 0.624. The van der Waals surface area contributed by atoms with Gasteiger partial charge in [0.25, 0.3) is 0 Å². The van der Waals surface area contributed by atoms with Crippen molar-refractivity contribution in [2.75, 3.05) is 17.2 Å². The summed E-state index contributed by atoms with van der Waals surface area (Å²) in [6.45, 7) is 3.77. The van der Waals surface area contributed by atoms with Gasteiger partial charge in [-0.3, -0.25) is 0 Å². The lowest BCUT2D eigenvalue weighted by atomic mass is 10.2. The summed E-state index contributed by atoms with van der Waals surface area (Å²) in [5.41, 5.74) is 0. The number of hydrogen-bond acceptors (Lipinski definition) is 5. The van der Waals surface area contributed by atoms with Gasteiger partial charge in [-0.25, -0.2) is 9.97 Å². The molecule has 0 aliphatic rings. The predicted molar refractivity (Wildman–Crippen MR) is 76.1 cm³/mol. The molecule has 0 saturated heterocycles. The van der Waals surface area contributed by atoms with Crippen LogP contribution in [-0.4, -0.2) is 16.5 Å². The smallest absolute Gasteiger partial charge is 0.131 e. The lowest BCUT2D eigenvalue weighted by Gasteiger charge is -2.07. The molecule has 0 saturated carbocycles. The van der Waals surface area contributed by atoms with Crippen LogP contribution in [0.5, 0.6) is 0 Å². The molecular formula is C14H20N4O. The highest BCUT2D eigenvalue weighted by Gasteiger charge is 2.00. The van der Waals surface area contributed by atoms with E-state index in [0.717, 1.165) is 30.4 Å². The molecule has 5 nitrogen and oxygen atoms in total. The van der Waals surface area contributed by atoms with E-state index in [1.165, 1.54) is 12.8 Å². The average molecular weight is 260 g/mol. The molecule has 102 valence electrons. The Kier molecular flexibility index (Phi) is 5.22. The van der Waals surface area contributed by atoms with E-state index in [1.54, 1.807) is 12.6 Å². The zero-order valence-electron chi connectivity index (χ0n) is 11.2. The molecule has 0 aromatic carbocycles. The zero-order valence-corrected chi connectivity index (χ0v) is 11.2. The molecule has 19 heavy (non-hydrogen) atoms. The Morgan fingerprint density at radius 2 is 2.00 bits per heavy atom. The highest BCUT2D eigenvalue weighted by atomic mass is 16.3. The van der Waals surface area contributed by atoms with Crippen LogP contribution < -0.4 is 10.6 Å². The third kappa shape index (κ3) is 4.62. The Morgan fingerprint density at radius 1 is 1.16 bits per heavy atom. The van der Waals surface area contributed by atoms with Crippen molar-refractivity contribution >= 4 is 11.6 Å². The summed E-state index contributed by atoms with van der Waals surface area (Å²) in [4.78, 5) is 8.38. The second kappa shape index (κ2) is 7.41. The van der Waals surface area contributed by atoms with Crippen molar-refractivity contribution in [3.05, 3.63) is 36.5 Å². The van der Waals surface area contributed by atoms with Gasteiger partial charge in [0.15, 0.2) is 0 Å². The minimum Gasteiger partial charge on any atom is -0.467 e. The normalized spacial score (nSPS) is 10.4. The van der Waals surface area contributed by atoms with Crippen LogP contribution in [0.15, 0.2) is 35.2 Å². The molecule has 0 aliphatic carbocycles. The maximum absolute atomic E-state index is 5.26. The van der Waals surface area contributed by atoms with Crippen LogP contribution in [0.2, 0.25) is 0 Å². The topological polar surface area (TPSA) is 63.0 Å². The fourth-order valence-electron chi connectivity index (χ4n) is 1.73. The summed E-state index contributed by atoms with van der Waals surface area (Å²) in [7, 11) is 0. The van der Waals surface area contributed by atoms with Crippen LogP contribution in [0.3, 0.4) is 0 Å². The maximum Gasteiger partial charge on any atom is 0.131 e. The second-order valence-corrected chi connectivity index (χ2v) is 4.36. The van der Waals surface area contributed by atoms with Crippen LogP contribution in [0, 0.1) is 0 Å². The Hall–Kier alpha value is -2.04. The molecule has 0 unspecified atom stereocenters. The average Bonchev–Trinajstić information content (AvgIpc) is 2.95. The molecule has 2 aromatic heterocycles. The van der Waals surface area contributed by atoms with Crippen LogP contribution >= 0.6 is 0 Å². The number of nitrogens with one attached hydrogen (secondary N) is 2. The molecule has 0 amide bonds. The molecule has 0 radical (unpaired) electrons. The molecular weight excluding hydrogens is 240 g/mol. The first-order valence-corrected chi connectivity index (χ1v) is 6.70. The van der Waals surface area contributed by atoms with E-state index in [2.05, 4.69) is 27.5 Å². The van der Waals surface area contributed by atoms with E-state index in [9.17, 15) is 0 Å². The minimum atomic E-state index is 0.624. The third-order valence-electron chi connectivity index (χ3n) is 2.78. The highest BCUT2D eigenvalue weighted by Crippen LogP contribution is 2.10. The standard InChI is InChI=1S/C14H20N4O/c1-2-3-4-7-15-13-9-14(18-11-17-13)16-10-12-6-5-8-19-12/h5-6,8-9,11H,2-4,7,10H2,1H3,(H2,15,16,17,18). The maximum atomic E-state index is 5.26. The molecule has 5 heteroatoms. The summed E-state index contributed by atoms with van der Waals surface area (Å²) in [5, 5.41) is 6.50. The van der Waals surface area contributed by atoms with E-state index in [4.69, 9.17) is 4.42 Å². The van der Waals surface area contributed by atoms with Crippen molar-refractivity contribution in [1.82, 2.24) is 9.97 Å². The van der Waals surface area contributed by atoms with Crippen molar-refractivity contribution in [1.29, 1.82) is 0 Å². The second-order valence-electron chi connectivity index (χ2n) is 4.36. The first-order chi connectivity index (χ1) is 9.38. The van der Waals surface area contributed by atoms with E-state index >= 15 is 0 Å². The number of unbranched alkanes of at least 4 members (excludes halogenated alkanes) is 2. The summed E-state index contributed by atoms with van der Waals surface area (Å²) in [5.74, 6) is 2.54. The van der Waals surface area contributed by atoms with Gasteiger partial charge < -0.3 is 15.1 Å². The van der Waals surface area contributed by atoms with Crippen molar-refractivity contribution in [2.45, 2.75) is 32.7 Å². The Balaban J connectivity index is 1.81. The molecule has 0 bridgehead atoms. The van der Waals surface area contributed by atoms with E-state index in [-0.39, 0.29) is 0 Å². The van der Waals surface area contributed by atoms with Crippen molar-refractivity contribution < 1.29 is 4.42 Å². The lowest BCUT2D eigenvalue weighted by molar-refractivity contribution is 0.518. The largest absolute Gasteiger partial charge is 0.467 e. The molecule has 0 fully saturated rings. The van der Waals surface area contributed by atoms with Crippen LogP contribution in [-0.2, 0) is 6.54 Å². The monoisotopic (exact) mass is 260 g/mol. The van der Waals surface area contributed by atoms with Crippen molar-refractivity contribution in [3.63, 3.8) is 0 Å². The van der Waals surface area contributed by atoms with E-state index in [0.29, 0.717) is 6.54 Å². The number of nitrogens with zero attached hydrogens (tertiary/aromatic N) is 2. The molecule has 2 rings (SSSR count). The first kappa shape index (κ1) is 13.4. The van der Waals surface area contributed by atoms with Gasteiger partial charge in [0, 0.05) is 12.6 Å². The fraction of sp³-hybridized carbons (Fsp3) is 0.429. The van der Waals surface area contributed by atoms with Crippen LogP contribution in [0.25, 0.3) is 0 Å². The van der Waals surface area contributed by atoms with E-state index in [1.807, 2.05) is 18.2 Å². The predicted octanol–water partition coefficient (Wildman–Crippen LogP) is 3.28. The molecule has 2 heterocycles. The van der Waals surface area contributed by atoms with Gasteiger partial charge in [-0.2, -0.15) is 0 Å². The summed E-state index contributed by atoms with van der Waals surface area (Å²) >= 11 is 0. The SMILES string of the molecule is CCCCCNc1cc(NCc2ccco2)ncn1. The Bertz CT molecular complexity index is 470. The molecule has 0 atom stereocenters. The van der Waals surface area contributed by atoms with Gasteiger partial charge in [0.2, 0.25) is 0 Å². The Morgan fingerprint density at radius 3 is 2.74 bits per heavy atom. The first-order valence-electron chi connectivity index (χ1n) is 6.70. The molecule has 2 aromatic rings. The highest BCUT2D eigenvalue weighted by molar-refractivity contribution is 5.46. The molecule has 0 spiro atoms. The zero-order chi connectivity index (χ0) is 13.3. The molecule has 0 aliphatic heterocycles. The quantitative estimate of drug-likeness (QED) is 0.713. The molecule has 2 N–H and O–H groups in total. The van der Waals surface area contributed by atoms with Crippen molar-refractivity contribution in [2.24, 2.45) is 0 Å². The number of aromatic nitrogens is 2. The van der Waals surface area contributed by atoms with Gasteiger partial charge in [-0.05, 0) is 18.6 Å². The number of rotatable bonds is 8. The van der Waals surface area contributed by atoms with Gasteiger partial charge in [0.05, 0.1) is 12.8 Å². The number of hydrogen-bond donors (Lipinski definition) is 2. The van der Waals surface area contributed by atoms with Crippen LogP contribution in [0.1, 0.15) is 31.9 Å². The van der Waals surface area contributed by atoms with Crippen molar-refractivity contribution in [3.8, 4) is 0 Å².